The maximum Gasteiger partial charge on any atom is 0.416 e. The lowest BCUT2D eigenvalue weighted by atomic mass is 9.63. The van der Waals surface area contributed by atoms with Crippen molar-refractivity contribution in [2.24, 2.45) is 35.5 Å². The number of rotatable bonds is 2. The van der Waals surface area contributed by atoms with Crippen LogP contribution in [-0.2, 0) is 15.8 Å². The first-order valence-electron chi connectivity index (χ1n) is 8.82. The number of amides is 3. The predicted molar refractivity (Wildman–Crippen MR) is 89.1 cm³/mol. The van der Waals surface area contributed by atoms with Gasteiger partial charge in [-0.2, -0.15) is 18.2 Å². The van der Waals surface area contributed by atoms with Crippen molar-refractivity contribution in [2.75, 3.05) is 0 Å². The first-order chi connectivity index (χ1) is 12.8. The number of alkyl halides is 3. The van der Waals surface area contributed by atoms with Gasteiger partial charge in [0, 0.05) is 5.56 Å². The van der Waals surface area contributed by atoms with E-state index in [-0.39, 0.29) is 22.9 Å². The predicted octanol–water partition coefficient (Wildman–Crippen LogP) is 1.58. The van der Waals surface area contributed by atoms with E-state index in [4.69, 9.17) is 0 Å². The average molecular weight is 394 g/mol. The Morgan fingerprint density at radius 1 is 0.964 bits per heavy atom. The molecule has 0 aromatic heterocycles. The van der Waals surface area contributed by atoms with E-state index in [0.717, 1.165) is 35.7 Å². The molecule has 2 saturated carbocycles. The van der Waals surface area contributed by atoms with E-state index < -0.39 is 41.3 Å². The number of allylic oxidation sites excluding steroid dienone is 2. The van der Waals surface area contributed by atoms with Crippen LogP contribution in [-0.4, -0.2) is 28.2 Å². The molecule has 6 atom stereocenters. The first-order valence-corrected chi connectivity index (χ1v) is 8.82. The summed E-state index contributed by atoms with van der Waals surface area (Å²) in [5.74, 6) is -1.54. The van der Waals surface area contributed by atoms with Crippen LogP contribution >= 0.6 is 0 Å². The van der Waals surface area contributed by atoms with Gasteiger partial charge in [0.15, 0.2) is 0 Å². The minimum absolute atomic E-state index is 0. The van der Waals surface area contributed by atoms with Crippen molar-refractivity contribution in [1.29, 1.82) is 0 Å². The summed E-state index contributed by atoms with van der Waals surface area (Å²) >= 11 is 0. The molecular weight excluding hydrogens is 377 g/mol. The minimum atomic E-state index is -4.50. The van der Waals surface area contributed by atoms with Gasteiger partial charge in [-0.05, 0) is 54.4 Å². The number of benzene rings is 1. The van der Waals surface area contributed by atoms with Crippen molar-refractivity contribution in [3.63, 3.8) is 0 Å². The summed E-state index contributed by atoms with van der Waals surface area (Å²) in [7, 11) is 0. The fourth-order valence-corrected chi connectivity index (χ4v) is 5.04. The van der Waals surface area contributed by atoms with Gasteiger partial charge in [-0.15, -0.1) is 0 Å². The molecule has 2 bridgehead atoms. The zero-order valence-electron chi connectivity index (χ0n) is 14.4. The smallest absolute Gasteiger partial charge is 0.412 e. The number of carbonyl (C=O) groups excluding carboxylic acids is 3. The van der Waals surface area contributed by atoms with Crippen LogP contribution in [0.5, 0.6) is 0 Å². The van der Waals surface area contributed by atoms with Crippen molar-refractivity contribution in [2.45, 2.75) is 12.6 Å². The lowest BCUT2D eigenvalue weighted by Gasteiger charge is -2.37. The number of carbonyl (C=O) groups is 3. The number of hydrogen-bond donors (Lipinski definition) is 1. The Labute approximate surface area is 157 Å². The highest BCUT2D eigenvalue weighted by Crippen LogP contribution is 2.65. The number of halogens is 3. The monoisotopic (exact) mass is 394 g/mol. The van der Waals surface area contributed by atoms with Crippen LogP contribution in [0, 0.1) is 35.5 Å². The number of nitrogens with zero attached hydrogens (tertiary/aromatic N) is 1. The van der Waals surface area contributed by atoms with E-state index >= 15 is 0 Å². The van der Waals surface area contributed by atoms with Gasteiger partial charge < -0.3 is 5.48 Å². The van der Waals surface area contributed by atoms with Crippen molar-refractivity contribution in [1.82, 2.24) is 10.4 Å². The summed E-state index contributed by atoms with van der Waals surface area (Å²) in [6.07, 6.45) is 0.575. The molecule has 4 unspecified atom stereocenters. The van der Waals surface area contributed by atoms with E-state index in [2.05, 4.69) is 5.43 Å². The number of hydrazine groups is 1. The lowest BCUT2D eigenvalue weighted by Crippen LogP contribution is -2.46. The second kappa shape index (κ2) is 5.91. The van der Waals surface area contributed by atoms with Gasteiger partial charge in [-0.3, -0.25) is 19.8 Å². The largest absolute Gasteiger partial charge is 0.416 e. The van der Waals surface area contributed by atoms with E-state index in [0.29, 0.717) is 11.8 Å². The molecular formula is C19H17F3N2O4. The molecule has 3 fully saturated rings. The summed E-state index contributed by atoms with van der Waals surface area (Å²) in [6, 6.07) is 3.63. The SMILES string of the molecule is O.O=C(NN1C(=O)[C@@H]2C3C=CC(C4CC43)[C@@H]2C1=O)c1ccc(C(F)(F)F)cc1. The van der Waals surface area contributed by atoms with Crippen LogP contribution in [0.3, 0.4) is 0 Å². The van der Waals surface area contributed by atoms with Crippen LogP contribution in [0.25, 0.3) is 0 Å². The van der Waals surface area contributed by atoms with Crippen LogP contribution in [0.15, 0.2) is 36.4 Å². The third kappa shape index (κ3) is 2.49. The van der Waals surface area contributed by atoms with Crippen LogP contribution in [0.4, 0.5) is 13.2 Å². The maximum atomic E-state index is 12.8. The third-order valence-corrected chi connectivity index (χ3v) is 6.35. The van der Waals surface area contributed by atoms with E-state index in [9.17, 15) is 27.6 Å². The number of hydrogen-bond acceptors (Lipinski definition) is 3. The molecule has 0 spiro atoms. The fraction of sp³-hybridized carbons (Fsp3) is 0.421. The third-order valence-electron chi connectivity index (χ3n) is 6.35. The molecule has 148 valence electrons. The Hall–Kier alpha value is -2.68. The molecule has 3 amide bonds. The molecule has 0 radical (unpaired) electrons. The standard InChI is InChI=1S/C19H15F3N2O3.H2O/c20-19(21,22)9-3-1-8(2-4-9)16(25)23-24-17(26)14-10-5-6-11(13-7-12(10)13)15(14)18(24)27;/h1-6,10-15H,7H2,(H,23,25);1H2/t10?,11?,12?,13?,14-,15+;. The topological polar surface area (TPSA) is 98.0 Å². The first kappa shape index (κ1) is 18.7. The second-order valence-corrected chi connectivity index (χ2v) is 7.68. The van der Waals surface area contributed by atoms with E-state index in [1.165, 1.54) is 0 Å². The van der Waals surface area contributed by atoms with Gasteiger partial charge in [0.25, 0.3) is 17.7 Å². The molecule has 28 heavy (non-hydrogen) atoms. The Balaban J connectivity index is 0.00000192. The molecule has 1 heterocycles. The minimum Gasteiger partial charge on any atom is -0.412 e. The molecule has 1 aromatic rings. The van der Waals surface area contributed by atoms with Crippen molar-refractivity contribution in [3.05, 3.63) is 47.5 Å². The zero-order chi connectivity index (χ0) is 19.1. The Morgan fingerprint density at radius 3 is 1.93 bits per heavy atom. The molecule has 4 aliphatic carbocycles. The highest BCUT2D eigenvalue weighted by Gasteiger charge is 2.67. The second-order valence-electron chi connectivity index (χ2n) is 7.68. The summed E-state index contributed by atoms with van der Waals surface area (Å²) in [5, 5.41) is 0.771. The molecule has 3 N–H and O–H groups in total. The maximum absolute atomic E-state index is 12.8. The zero-order valence-corrected chi connectivity index (χ0v) is 14.4. The Morgan fingerprint density at radius 2 is 1.46 bits per heavy atom. The summed E-state index contributed by atoms with van der Waals surface area (Å²) in [5.41, 5.74) is 1.37. The number of imide groups is 1. The van der Waals surface area contributed by atoms with Gasteiger partial charge in [0.1, 0.15) is 0 Å². The highest BCUT2D eigenvalue weighted by atomic mass is 19.4. The van der Waals surface area contributed by atoms with E-state index in [1.807, 2.05) is 12.2 Å². The molecule has 6 rings (SSSR count). The average Bonchev–Trinajstić information content (AvgIpc) is 3.42. The van der Waals surface area contributed by atoms with Gasteiger partial charge in [-0.1, -0.05) is 12.2 Å². The lowest BCUT2D eigenvalue weighted by molar-refractivity contribution is -0.143. The van der Waals surface area contributed by atoms with Gasteiger partial charge in [-0.25, -0.2) is 0 Å². The molecule has 6 nitrogen and oxygen atoms in total. The molecule has 9 heteroatoms. The van der Waals surface area contributed by atoms with Crippen molar-refractivity contribution >= 4 is 17.7 Å². The van der Waals surface area contributed by atoms with Crippen LogP contribution < -0.4 is 5.43 Å². The van der Waals surface area contributed by atoms with Crippen molar-refractivity contribution < 1.29 is 33.0 Å². The molecule has 1 aliphatic heterocycles. The molecule has 1 saturated heterocycles. The van der Waals surface area contributed by atoms with Crippen LogP contribution in [0.2, 0.25) is 0 Å². The number of nitrogens with one attached hydrogen (secondary N) is 1. The Bertz CT molecular complexity index is 859. The van der Waals surface area contributed by atoms with E-state index in [1.54, 1.807) is 0 Å². The van der Waals surface area contributed by atoms with Crippen molar-refractivity contribution in [3.8, 4) is 0 Å². The quantitative estimate of drug-likeness (QED) is 0.609. The molecule has 5 aliphatic rings. The summed E-state index contributed by atoms with van der Waals surface area (Å²) < 4.78 is 37.9. The normalized spacial score (nSPS) is 34.6. The van der Waals surface area contributed by atoms with Crippen LogP contribution in [0.1, 0.15) is 22.3 Å². The summed E-state index contributed by atoms with van der Waals surface area (Å²) in [4.78, 5) is 37.9. The van der Waals surface area contributed by atoms with Gasteiger partial charge in [0.05, 0.1) is 17.4 Å². The van der Waals surface area contributed by atoms with Gasteiger partial charge >= 0.3 is 6.18 Å². The fourth-order valence-electron chi connectivity index (χ4n) is 5.04. The molecule has 1 aromatic carbocycles. The highest BCUT2D eigenvalue weighted by molar-refractivity contribution is 6.08. The van der Waals surface area contributed by atoms with Gasteiger partial charge in [0.2, 0.25) is 0 Å². The summed E-state index contributed by atoms with van der Waals surface area (Å²) in [6.45, 7) is 0. The Kier molecular flexibility index (Phi) is 3.94.